The van der Waals surface area contributed by atoms with Gasteiger partial charge in [0.25, 0.3) is 0 Å². The fourth-order valence-electron chi connectivity index (χ4n) is 1.10. The van der Waals surface area contributed by atoms with Gasteiger partial charge in [0.1, 0.15) is 6.61 Å². The van der Waals surface area contributed by atoms with E-state index in [2.05, 4.69) is 6.92 Å². The van der Waals surface area contributed by atoms with Crippen LogP contribution in [0.25, 0.3) is 0 Å². The van der Waals surface area contributed by atoms with E-state index in [1.54, 1.807) is 0 Å². The SMILES string of the molecule is C/C=C(/CCCCC)COC(C)=O. The Hall–Kier alpha value is -0.790. The molecule has 0 heterocycles. The Morgan fingerprint density at radius 3 is 2.54 bits per heavy atom. The molecule has 0 aromatic rings. The van der Waals surface area contributed by atoms with E-state index in [1.807, 2.05) is 13.0 Å². The van der Waals surface area contributed by atoms with Crippen molar-refractivity contribution in [3.63, 3.8) is 0 Å². The third-order valence-electron chi connectivity index (χ3n) is 1.97. The Morgan fingerprint density at radius 2 is 2.08 bits per heavy atom. The fourth-order valence-corrected chi connectivity index (χ4v) is 1.10. The van der Waals surface area contributed by atoms with Crippen LogP contribution in [0.1, 0.15) is 46.5 Å². The number of esters is 1. The first-order chi connectivity index (χ1) is 6.20. The monoisotopic (exact) mass is 184 g/mol. The third-order valence-corrected chi connectivity index (χ3v) is 1.97. The third kappa shape index (κ3) is 7.57. The second kappa shape index (κ2) is 7.84. The molecule has 0 unspecified atom stereocenters. The Labute approximate surface area is 81.0 Å². The lowest BCUT2D eigenvalue weighted by Gasteiger charge is -2.06. The van der Waals surface area contributed by atoms with Crippen molar-refractivity contribution in [1.29, 1.82) is 0 Å². The first-order valence-corrected chi connectivity index (χ1v) is 4.98. The Balaban J connectivity index is 3.59. The van der Waals surface area contributed by atoms with Crippen molar-refractivity contribution in [3.8, 4) is 0 Å². The van der Waals surface area contributed by atoms with Crippen molar-refractivity contribution in [2.24, 2.45) is 0 Å². The molecule has 0 aliphatic rings. The van der Waals surface area contributed by atoms with E-state index in [0.717, 1.165) is 6.42 Å². The predicted octanol–water partition coefficient (Wildman–Crippen LogP) is 3.08. The van der Waals surface area contributed by atoms with Crippen molar-refractivity contribution in [1.82, 2.24) is 0 Å². The number of carbonyl (C=O) groups is 1. The molecule has 76 valence electrons. The number of hydrogen-bond donors (Lipinski definition) is 0. The molecule has 0 N–H and O–H groups in total. The molecule has 0 saturated carbocycles. The van der Waals surface area contributed by atoms with Crippen molar-refractivity contribution in [2.75, 3.05) is 6.61 Å². The molecule has 0 bridgehead atoms. The van der Waals surface area contributed by atoms with E-state index >= 15 is 0 Å². The topological polar surface area (TPSA) is 26.3 Å². The summed E-state index contributed by atoms with van der Waals surface area (Å²) in [5, 5.41) is 0. The summed E-state index contributed by atoms with van der Waals surface area (Å²) in [6.07, 6.45) is 6.76. The van der Waals surface area contributed by atoms with Gasteiger partial charge < -0.3 is 4.74 Å². The number of carbonyl (C=O) groups excluding carboxylic acids is 1. The van der Waals surface area contributed by atoms with Gasteiger partial charge in [-0.3, -0.25) is 4.79 Å². The van der Waals surface area contributed by atoms with Crippen LogP contribution in [0.3, 0.4) is 0 Å². The van der Waals surface area contributed by atoms with Crippen LogP contribution in [-0.2, 0) is 9.53 Å². The largest absolute Gasteiger partial charge is 0.461 e. The molecule has 0 radical (unpaired) electrons. The second-order valence-corrected chi connectivity index (χ2v) is 3.18. The van der Waals surface area contributed by atoms with Crippen LogP contribution in [0.2, 0.25) is 0 Å². The number of hydrogen-bond acceptors (Lipinski definition) is 2. The molecule has 0 aromatic carbocycles. The number of unbranched alkanes of at least 4 members (excludes halogenated alkanes) is 2. The van der Waals surface area contributed by atoms with Crippen LogP contribution >= 0.6 is 0 Å². The van der Waals surface area contributed by atoms with Crippen molar-refractivity contribution < 1.29 is 9.53 Å². The summed E-state index contributed by atoms with van der Waals surface area (Å²) in [6, 6.07) is 0. The van der Waals surface area contributed by atoms with Gasteiger partial charge >= 0.3 is 5.97 Å². The van der Waals surface area contributed by atoms with Gasteiger partial charge in [-0.15, -0.1) is 0 Å². The highest BCUT2D eigenvalue weighted by Crippen LogP contribution is 2.09. The highest BCUT2D eigenvalue weighted by Gasteiger charge is 1.98. The van der Waals surface area contributed by atoms with Crippen LogP contribution in [0.15, 0.2) is 11.6 Å². The Morgan fingerprint density at radius 1 is 1.38 bits per heavy atom. The van der Waals surface area contributed by atoms with Crippen molar-refractivity contribution in [2.45, 2.75) is 46.5 Å². The minimum absolute atomic E-state index is 0.199. The van der Waals surface area contributed by atoms with Gasteiger partial charge in [0, 0.05) is 6.92 Å². The summed E-state index contributed by atoms with van der Waals surface area (Å²) in [4.78, 5) is 10.5. The zero-order valence-corrected chi connectivity index (χ0v) is 8.93. The molecule has 0 fully saturated rings. The molecule has 13 heavy (non-hydrogen) atoms. The van der Waals surface area contributed by atoms with E-state index in [9.17, 15) is 4.79 Å². The first kappa shape index (κ1) is 12.2. The Kier molecular flexibility index (Phi) is 7.36. The lowest BCUT2D eigenvalue weighted by Crippen LogP contribution is -2.03. The van der Waals surface area contributed by atoms with Gasteiger partial charge in [-0.05, 0) is 25.3 Å². The number of rotatable bonds is 6. The molecular weight excluding hydrogens is 164 g/mol. The van der Waals surface area contributed by atoms with Crippen LogP contribution < -0.4 is 0 Å². The molecule has 0 aliphatic heterocycles. The molecule has 0 amide bonds. The minimum Gasteiger partial charge on any atom is -0.461 e. The average Bonchev–Trinajstić information content (AvgIpc) is 2.10. The smallest absolute Gasteiger partial charge is 0.302 e. The predicted molar refractivity (Wildman–Crippen MR) is 54.5 cm³/mol. The molecule has 0 atom stereocenters. The van der Waals surface area contributed by atoms with Crippen LogP contribution in [0, 0.1) is 0 Å². The molecular formula is C11H20O2. The Bertz CT molecular complexity index is 171. The van der Waals surface area contributed by atoms with Crippen molar-refractivity contribution in [3.05, 3.63) is 11.6 Å². The standard InChI is InChI=1S/C11H20O2/c1-4-6-7-8-11(5-2)9-13-10(3)12/h5H,4,6-9H2,1-3H3/b11-5-. The van der Waals surface area contributed by atoms with Crippen molar-refractivity contribution >= 4 is 5.97 Å². The number of allylic oxidation sites excluding steroid dienone is 1. The lowest BCUT2D eigenvalue weighted by atomic mass is 10.1. The van der Waals surface area contributed by atoms with Gasteiger partial charge in [-0.2, -0.15) is 0 Å². The summed E-state index contributed by atoms with van der Waals surface area (Å²) >= 11 is 0. The van der Waals surface area contributed by atoms with Crippen LogP contribution in [0.4, 0.5) is 0 Å². The lowest BCUT2D eigenvalue weighted by molar-refractivity contribution is -0.140. The molecule has 0 spiro atoms. The molecule has 2 nitrogen and oxygen atoms in total. The molecule has 2 heteroatoms. The first-order valence-electron chi connectivity index (χ1n) is 4.98. The van der Waals surface area contributed by atoms with Gasteiger partial charge in [-0.25, -0.2) is 0 Å². The minimum atomic E-state index is -0.199. The average molecular weight is 184 g/mol. The normalized spacial score (nSPS) is 11.5. The van der Waals surface area contributed by atoms with Gasteiger partial charge in [0.05, 0.1) is 0 Å². The highest BCUT2D eigenvalue weighted by atomic mass is 16.5. The zero-order valence-electron chi connectivity index (χ0n) is 8.93. The summed E-state index contributed by atoms with van der Waals surface area (Å²) in [7, 11) is 0. The molecule has 0 rings (SSSR count). The maximum absolute atomic E-state index is 10.5. The van der Waals surface area contributed by atoms with Gasteiger partial charge in [0.2, 0.25) is 0 Å². The second-order valence-electron chi connectivity index (χ2n) is 3.18. The summed E-state index contributed by atoms with van der Waals surface area (Å²) in [6.45, 7) is 6.08. The van der Waals surface area contributed by atoms with E-state index in [4.69, 9.17) is 4.74 Å². The fraction of sp³-hybridized carbons (Fsp3) is 0.727. The van der Waals surface area contributed by atoms with E-state index in [1.165, 1.54) is 31.8 Å². The van der Waals surface area contributed by atoms with E-state index < -0.39 is 0 Å². The maximum Gasteiger partial charge on any atom is 0.302 e. The van der Waals surface area contributed by atoms with E-state index in [0.29, 0.717) is 6.61 Å². The summed E-state index contributed by atoms with van der Waals surface area (Å²) in [5.74, 6) is -0.199. The molecule has 0 aromatic heterocycles. The summed E-state index contributed by atoms with van der Waals surface area (Å²) in [5.41, 5.74) is 1.23. The maximum atomic E-state index is 10.5. The zero-order chi connectivity index (χ0) is 10.1. The quantitative estimate of drug-likeness (QED) is 0.360. The van der Waals surface area contributed by atoms with Gasteiger partial charge in [-0.1, -0.05) is 25.8 Å². The van der Waals surface area contributed by atoms with E-state index in [-0.39, 0.29) is 5.97 Å². The van der Waals surface area contributed by atoms with Crippen LogP contribution in [0.5, 0.6) is 0 Å². The molecule has 0 aliphatic carbocycles. The highest BCUT2D eigenvalue weighted by molar-refractivity contribution is 5.66. The summed E-state index contributed by atoms with van der Waals surface area (Å²) < 4.78 is 4.92. The molecule has 0 saturated heterocycles. The number of ether oxygens (including phenoxy) is 1. The van der Waals surface area contributed by atoms with Gasteiger partial charge in [0.15, 0.2) is 0 Å². The van der Waals surface area contributed by atoms with Crippen LogP contribution in [-0.4, -0.2) is 12.6 Å².